The number of ether oxygens (including phenoxy) is 3. The van der Waals surface area contributed by atoms with Crippen LogP contribution in [-0.2, 0) is 9.53 Å². The Bertz CT molecular complexity index is 530. The molecule has 0 aromatic heterocycles. The van der Waals surface area contributed by atoms with Crippen LogP contribution in [0.2, 0.25) is 0 Å². The maximum absolute atomic E-state index is 12.5. The van der Waals surface area contributed by atoms with E-state index >= 15 is 0 Å². The topological polar surface area (TPSA) is 48.0 Å². The largest absolute Gasteiger partial charge is 0.497 e. The third-order valence-electron chi connectivity index (χ3n) is 4.18. The molecular formula is C18H27NO4. The van der Waals surface area contributed by atoms with Gasteiger partial charge in [-0.3, -0.25) is 4.79 Å². The summed E-state index contributed by atoms with van der Waals surface area (Å²) in [5.74, 6) is 1.37. The number of hydrogen-bond donors (Lipinski definition) is 0. The van der Waals surface area contributed by atoms with Crippen LogP contribution in [0.5, 0.6) is 11.5 Å². The molecule has 1 aliphatic rings. The van der Waals surface area contributed by atoms with Gasteiger partial charge < -0.3 is 19.1 Å². The van der Waals surface area contributed by atoms with Crippen molar-refractivity contribution in [1.82, 2.24) is 4.90 Å². The number of carbonyl (C=O) groups excluding carboxylic acids is 1. The molecule has 1 unspecified atom stereocenters. The molecule has 1 saturated heterocycles. The van der Waals surface area contributed by atoms with Crippen molar-refractivity contribution >= 4 is 5.91 Å². The fourth-order valence-electron chi connectivity index (χ4n) is 3.02. The number of hydrogen-bond acceptors (Lipinski definition) is 4. The predicted molar refractivity (Wildman–Crippen MR) is 88.9 cm³/mol. The van der Waals surface area contributed by atoms with Gasteiger partial charge in [0.1, 0.15) is 11.5 Å². The normalized spacial score (nSPS) is 19.9. The van der Waals surface area contributed by atoms with Gasteiger partial charge in [0.25, 0.3) is 5.91 Å². The number of methoxy groups -OCH3 is 1. The monoisotopic (exact) mass is 321 g/mol. The predicted octanol–water partition coefficient (Wildman–Crippen LogP) is 2.88. The van der Waals surface area contributed by atoms with Crippen LogP contribution in [-0.4, -0.2) is 49.3 Å². The van der Waals surface area contributed by atoms with Crippen molar-refractivity contribution in [2.24, 2.45) is 0 Å². The second-order valence-electron chi connectivity index (χ2n) is 6.40. The van der Waals surface area contributed by atoms with Gasteiger partial charge in [0.15, 0.2) is 6.61 Å². The highest BCUT2D eigenvalue weighted by Crippen LogP contribution is 2.27. The molecule has 0 saturated carbocycles. The summed E-state index contributed by atoms with van der Waals surface area (Å²) in [6.45, 7) is 7.57. The van der Waals surface area contributed by atoms with E-state index in [1.165, 1.54) is 0 Å². The van der Waals surface area contributed by atoms with E-state index in [1.807, 2.05) is 30.0 Å². The van der Waals surface area contributed by atoms with E-state index in [1.54, 1.807) is 13.2 Å². The molecule has 128 valence electrons. The molecule has 0 spiro atoms. The summed E-state index contributed by atoms with van der Waals surface area (Å²) >= 11 is 0. The Morgan fingerprint density at radius 1 is 1.39 bits per heavy atom. The van der Waals surface area contributed by atoms with Crippen molar-refractivity contribution in [3.05, 3.63) is 24.3 Å². The van der Waals surface area contributed by atoms with Gasteiger partial charge in [-0.15, -0.1) is 0 Å². The minimum absolute atomic E-state index is 0.0121. The molecule has 1 aromatic carbocycles. The average molecular weight is 321 g/mol. The Hall–Kier alpha value is -1.75. The summed E-state index contributed by atoms with van der Waals surface area (Å²) in [7, 11) is 1.61. The van der Waals surface area contributed by atoms with Crippen LogP contribution >= 0.6 is 0 Å². The molecule has 5 nitrogen and oxygen atoms in total. The van der Waals surface area contributed by atoms with Crippen LogP contribution < -0.4 is 9.47 Å². The molecule has 0 bridgehead atoms. The molecule has 0 N–H and O–H groups in total. The number of carbonyl (C=O) groups is 1. The van der Waals surface area contributed by atoms with Crippen LogP contribution in [0.4, 0.5) is 0 Å². The summed E-state index contributed by atoms with van der Waals surface area (Å²) in [4.78, 5) is 14.4. The maximum atomic E-state index is 12.5. The van der Waals surface area contributed by atoms with Crippen molar-refractivity contribution in [2.75, 3.05) is 26.9 Å². The number of amides is 1. The highest BCUT2D eigenvalue weighted by Gasteiger charge is 2.33. The highest BCUT2D eigenvalue weighted by molar-refractivity contribution is 5.78. The van der Waals surface area contributed by atoms with Gasteiger partial charge >= 0.3 is 0 Å². The number of benzene rings is 1. The zero-order valence-electron chi connectivity index (χ0n) is 14.5. The Kier molecular flexibility index (Phi) is 5.88. The zero-order valence-corrected chi connectivity index (χ0v) is 14.5. The second-order valence-corrected chi connectivity index (χ2v) is 6.40. The quantitative estimate of drug-likeness (QED) is 0.808. The summed E-state index contributed by atoms with van der Waals surface area (Å²) in [5.41, 5.74) is -0.176. The lowest BCUT2D eigenvalue weighted by Gasteiger charge is -2.40. The first-order chi connectivity index (χ1) is 10.9. The van der Waals surface area contributed by atoms with E-state index in [4.69, 9.17) is 14.2 Å². The first-order valence-corrected chi connectivity index (χ1v) is 8.15. The summed E-state index contributed by atoms with van der Waals surface area (Å²) in [5, 5.41) is 0. The number of likely N-dealkylation sites (N-methyl/N-ethyl adjacent to an activating group) is 1. The molecule has 0 aliphatic carbocycles. The lowest BCUT2D eigenvalue weighted by Crippen LogP contribution is -2.49. The fourth-order valence-corrected chi connectivity index (χ4v) is 3.02. The standard InChI is InChI=1S/C18H27NO4/c1-5-19(14-9-10-23-18(2,3)12-14)17(20)13-22-16-8-6-7-15(11-16)21-4/h6-8,11,14H,5,9-10,12-13H2,1-4H3. The molecular weight excluding hydrogens is 294 g/mol. The van der Waals surface area contributed by atoms with Gasteiger partial charge in [-0.2, -0.15) is 0 Å². The lowest BCUT2D eigenvalue weighted by atomic mass is 9.93. The molecule has 1 fully saturated rings. The Morgan fingerprint density at radius 2 is 2.13 bits per heavy atom. The van der Waals surface area contributed by atoms with Crippen molar-refractivity contribution in [3.63, 3.8) is 0 Å². The molecule has 5 heteroatoms. The van der Waals surface area contributed by atoms with Gasteiger partial charge in [-0.25, -0.2) is 0 Å². The van der Waals surface area contributed by atoms with Crippen molar-refractivity contribution < 1.29 is 19.0 Å². The van der Waals surface area contributed by atoms with E-state index in [0.717, 1.165) is 12.8 Å². The lowest BCUT2D eigenvalue weighted by molar-refractivity contribution is -0.142. The molecule has 23 heavy (non-hydrogen) atoms. The summed E-state index contributed by atoms with van der Waals surface area (Å²) < 4.78 is 16.5. The maximum Gasteiger partial charge on any atom is 0.260 e. The van der Waals surface area contributed by atoms with Crippen molar-refractivity contribution in [2.45, 2.75) is 45.3 Å². The third-order valence-corrected chi connectivity index (χ3v) is 4.18. The zero-order chi connectivity index (χ0) is 16.9. The van der Waals surface area contributed by atoms with E-state index in [-0.39, 0.29) is 24.2 Å². The second kappa shape index (κ2) is 7.68. The fraction of sp³-hybridized carbons (Fsp3) is 0.611. The third kappa shape index (κ3) is 4.86. The first kappa shape index (κ1) is 17.6. The van der Waals surface area contributed by atoms with E-state index in [0.29, 0.717) is 24.7 Å². The van der Waals surface area contributed by atoms with Crippen LogP contribution in [0, 0.1) is 0 Å². The molecule has 1 atom stereocenters. The van der Waals surface area contributed by atoms with Gasteiger partial charge in [0.2, 0.25) is 0 Å². The Morgan fingerprint density at radius 3 is 2.78 bits per heavy atom. The van der Waals surface area contributed by atoms with Gasteiger partial charge in [0, 0.05) is 25.3 Å². The molecule has 0 radical (unpaired) electrons. The summed E-state index contributed by atoms with van der Waals surface area (Å²) in [6.07, 6.45) is 1.73. The Balaban J connectivity index is 1.94. The minimum atomic E-state index is -0.176. The average Bonchev–Trinajstić information content (AvgIpc) is 2.53. The van der Waals surface area contributed by atoms with Crippen LogP contribution in [0.1, 0.15) is 33.6 Å². The van der Waals surface area contributed by atoms with Crippen LogP contribution in [0.3, 0.4) is 0 Å². The first-order valence-electron chi connectivity index (χ1n) is 8.15. The SMILES string of the molecule is CCN(C(=O)COc1cccc(OC)c1)C1CCOC(C)(C)C1. The highest BCUT2D eigenvalue weighted by atomic mass is 16.5. The van der Waals surface area contributed by atoms with Gasteiger partial charge in [0.05, 0.1) is 12.7 Å². The van der Waals surface area contributed by atoms with E-state index < -0.39 is 0 Å². The molecule has 2 rings (SSSR count). The molecule has 1 amide bonds. The molecule has 1 aliphatic heterocycles. The Labute approximate surface area is 138 Å². The summed E-state index contributed by atoms with van der Waals surface area (Å²) in [6, 6.07) is 7.50. The van der Waals surface area contributed by atoms with Gasteiger partial charge in [-0.05, 0) is 45.7 Å². The smallest absolute Gasteiger partial charge is 0.260 e. The minimum Gasteiger partial charge on any atom is -0.497 e. The van der Waals surface area contributed by atoms with E-state index in [2.05, 4.69) is 13.8 Å². The van der Waals surface area contributed by atoms with Crippen LogP contribution in [0.25, 0.3) is 0 Å². The number of nitrogens with zero attached hydrogens (tertiary/aromatic N) is 1. The van der Waals surface area contributed by atoms with Crippen molar-refractivity contribution in [1.29, 1.82) is 0 Å². The van der Waals surface area contributed by atoms with Crippen LogP contribution in [0.15, 0.2) is 24.3 Å². The molecule has 1 aromatic rings. The number of rotatable bonds is 6. The van der Waals surface area contributed by atoms with Gasteiger partial charge in [-0.1, -0.05) is 6.07 Å². The van der Waals surface area contributed by atoms with Crippen molar-refractivity contribution in [3.8, 4) is 11.5 Å². The molecule has 1 heterocycles. The van der Waals surface area contributed by atoms with E-state index in [9.17, 15) is 4.79 Å².